The number of pyridine rings is 1. The third-order valence-corrected chi connectivity index (χ3v) is 4.07. The molecule has 0 saturated heterocycles. The lowest BCUT2D eigenvalue weighted by molar-refractivity contribution is -0.389. The van der Waals surface area contributed by atoms with Crippen molar-refractivity contribution in [1.82, 2.24) is 4.98 Å². The molecule has 1 aromatic rings. The van der Waals surface area contributed by atoms with Crippen LogP contribution in [0.25, 0.3) is 0 Å². The van der Waals surface area contributed by atoms with Crippen molar-refractivity contribution < 1.29 is 4.92 Å². The van der Waals surface area contributed by atoms with Crippen LogP contribution in [0.5, 0.6) is 0 Å². The molecule has 0 unspecified atom stereocenters. The van der Waals surface area contributed by atoms with Gasteiger partial charge in [0.2, 0.25) is 0 Å². The standard InChI is InChI=1S/C14H21N3O2/c1-2-11-3-5-12(6-4-11)9-15-13-7-8-14(16-10-13)17(18)19/h7-8,10-12,15H,2-6,9H2,1H3. The molecule has 0 aliphatic heterocycles. The first-order chi connectivity index (χ1) is 9.19. The molecule has 5 heteroatoms. The van der Waals surface area contributed by atoms with Gasteiger partial charge in [0, 0.05) is 12.6 Å². The molecule has 1 heterocycles. The summed E-state index contributed by atoms with van der Waals surface area (Å²) in [5, 5.41) is 13.8. The van der Waals surface area contributed by atoms with Crippen LogP contribution in [0.3, 0.4) is 0 Å². The average molecular weight is 263 g/mol. The Morgan fingerprint density at radius 2 is 2.00 bits per heavy atom. The highest BCUT2D eigenvalue weighted by molar-refractivity contribution is 5.43. The summed E-state index contributed by atoms with van der Waals surface area (Å²) < 4.78 is 0. The van der Waals surface area contributed by atoms with Crippen LogP contribution in [-0.2, 0) is 0 Å². The number of nitrogens with zero attached hydrogens (tertiary/aromatic N) is 2. The molecule has 1 N–H and O–H groups in total. The van der Waals surface area contributed by atoms with E-state index in [2.05, 4.69) is 17.2 Å². The summed E-state index contributed by atoms with van der Waals surface area (Å²) in [6.07, 6.45) is 8.07. The van der Waals surface area contributed by atoms with E-state index in [0.717, 1.165) is 24.1 Å². The molecule has 1 aromatic heterocycles. The SMILES string of the molecule is CCC1CCC(CNc2ccc([N+](=O)[O-])nc2)CC1. The van der Waals surface area contributed by atoms with E-state index >= 15 is 0 Å². The Labute approximate surface area is 113 Å². The lowest BCUT2D eigenvalue weighted by Crippen LogP contribution is -2.21. The summed E-state index contributed by atoms with van der Waals surface area (Å²) in [7, 11) is 0. The van der Waals surface area contributed by atoms with E-state index in [1.54, 1.807) is 6.07 Å². The molecule has 1 aliphatic carbocycles. The van der Waals surface area contributed by atoms with Crippen molar-refractivity contribution in [1.29, 1.82) is 0 Å². The highest BCUT2D eigenvalue weighted by atomic mass is 16.6. The summed E-state index contributed by atoms with van der Waals surface area (Å²) in [5.74, 6) is 1.53. The highest BCUT2D eigenvalue weighted by Crippen LogP contribution is 2.30. The monoisotopic (exact) mass is 263 g/mol. The molecule has 0 amide bonds. The van der Waals surface area contributed by atoms with Crippen LogP contribution in [0.2, 0.25) is 0 Å². The van der Waals surface area contributed by atoms with Gasteiger partial charge in [-0.3, -0.25) is 0 Å². The fraction of sp³-hybridized carbons (Fsp3) is 0.643. The maximum absolute atomic E-state index is 10.5. The first-order valence-electron chi connectivity index (χ1n) is 7.03. The van der Waals surface area contributed by atoms with Gasteiger partial charge in [0.1, 0.15) is 0 Å². The third-order valence-electron chi connectivity index (χ3n) is 4.07. The van der Waals surface area contributed by atoms with Gasteiger partial charge in [-0.05, 0) is 40.7 Å². The average Bonchev–Trinajstić information content (AvgIpc) is 2.46. The zero-order valence-electron chi connectivity index (χ0n) is 11.3. The predicted octanol–water partition coefficient (Wildman–Crippen LogP) is 3.62. The molecular weight excluding hydrogens is 242 g/mol. The molecule has 2 rings (SSSR count). The van der Waals surface area contributed by atoms with Gasteiger partial charge in [-0.15, -0.1) is 0 Å². The van der Waals surface area contributed by atoms with Gasteiger partial charge in [-0.25, -0.2) is 0 Å². The van der Waals surface area contributed by atoms with Crippen LogP contribution >= 0.6 is 0 Å². The Balaban J connectivity index is 1.78. The van der Waals surface area contributed by atoms with Crippen LogP contribution in [0.1, 0.15) is 39.0 Å². The fourth-order valence-electron chi connectivity index (χ4n) is 2.70. The minimum absolute atomic E-state index is 0.103. The third kappa shape index (κ3) is 3.91. The number of hydrogen-bond donors (Lipinski definition) is 1. The summed E-state index contributed by atoms with van der Waals surface area (Å²) in [5.41, 5.74) is 0.864. The number of rotatable bonds is 5. The van der Waals surface area contributed by atoms with Gasteiger partial charge in [-0.1, -0.05) is 26.2 Å². The van der Waals surface area contributed by atoms with Crippen LogP contribution < -0.4 is 5.32 Å². The zero-order valence-corrected chi connectivity index (χ0v) is 11.3. The van der Waals surface area contributed by atoms with Crippen molar-refractivity contribution in [3.8, 4) is 0 Å². The van der Waals surface area contributed by atoms with E-state index in [1.807, 2.05) is 0 Å². The van der Waals surface area contributed by atoms with E-state index in [0.29, 0.717) is 0 Å². The van der Waals surface area contributed by atoms with Gasteiger partial charge in [0.15, 0.2) is 6.20 Å². The van der Waals surface area contributed by atoms with Crippen molar-refractivity contribution >= 4 is 11.5 Å². The van der Waals surface area contributed by atoms with Crippen LogP contribution in [0.4, 0.5) is 11.5 Å². The van der Waals surface area contributed by atoms with Crippen molar-refractivity contribution in [3.63, 3.8) is 0 Å². The van der Waals surface area contributed by atoms with E-state index in [-0.39, 0.29) is 5.82 Å². The van der Waals surface area contributed by atoms with Crippen LogP contribution in [0.15, 0.2) is 18.3 Å². The molecule has 0 bridgehead atoms. The molecule has 0 radical (unpaired) electrons. The number of aromatic nitrogens is 1. The number of nitro groups is 1. The molecule has 1 fully saturated rings. The molecule has 104 valence electrons. The Kier molecular flexibility index (Phi) is 4.71. The van der Waals surface area contributed by atoms with E-state index in [1.165, 1.54) is 44.4 Å². The van der Waals surface area contributed by atoms with Crippen LogP contribution in [-0.4, -0.2) is 16.5 Å². The second kappa shape index (κ2) is 6.50. The van der Waals surface area contributed by atoms with Gasteiger partial charge < -0.3 is 15.4 Å². The molecule has 1 aliphatic rings. The van der Waals surface area contributed by atoms with Crippen molar-refractivity contribution in [3.05, 3.63) is 28.4 Å². The maximum atomic E-state index is 10.5. The number of anilines is 1. The van der Waals surface area contributed by atoms with Crippen LogP contribution in [0, 0.1) is 22.0 Å². The molecule has 0 spiro atoms. The number of nitrogens with one attached hydrogen (secondary N) is 1. The quantitative estimate of drug-likeness (QED) is 0.650. The van der Waals surface area contributed by atoms with Crippen molar-refractivity contribution in [2.75, 3.05) is 11.9 Å². The molecule has 0 atom stereocenters. The van der Waals surface area contributed by atoms with E-state index < -0.39 is 4.92 Å². The van der Waals surface area contributed by atoms with Gasteiger partial charge >= 0.3 is 5.82 Å². The molecule has 5 nitrogen and oxygen atoms in total. The summed E-state index contributed by atoms with van der Waals surface area (Å²) in [4.78, 5) is 13.8. The predicted molar refractivity (Wildman–Crippen MR) is 75.1 cm³/mol. The topological polar surface area (TPSA) is 68.1 Å². The minimum Gasteiger partial charge on any atom is -0.382 e. The Morgan fingerprint density at radius 1 is 1.32 bits per heavy atom. The largest absolute Gasteiger partial charge is 0.382 e. The van der Waals surface area contributed by atoms with Crippen molar-refractivity contribution in [2.24, 2.45) is 11.8 Å². The first-order valence-corrected chi connectivity index (χ1v) is 7.03. The molecule has 1 saturated carbocycles. The molecular formula is C14H21N3O2. The first kappa shape index (κ1) is 13.8. The van der Waals surface area contributed by atoms with E-state index in [4.69, 9.17) is 0 Å². The lowest BCUT2D eigenvalue weighted by atomic mass is 9.81. The summed E-state index contributed by atoms with van der Waals surface area (Å²) >= 11 is 0. The normalized spacial score (nSPS) is 23.0. The van der Waals surface area contributed by atoms with Gasteiger partial charge in [0.05, 0.1) is 5.69 Å². The Bertz CT molecular complexity index is 411. The second-order valence-electron chi connectivity index (χ2n) is 5.34. The van der Waals surface area contributed by atoms with Gasteiger partial charge in [-0.2, -0.15) is 0 Å². The summed E-state index contributed by atoms with van der Waals surface area (Å²) in [6, 6.07) is 3.17. The van der Waals surface area contributed by atoms with Gasteiger partial charge in [0.25, 0.3) is 0 Å². The maximum Gasteiger partial charge on any atom is 0.363 e. The smallest absolute Gasteiger partial charge is 0.363 e. The fourth-order valence-corrected chi connectivity index (χ4v) is 2.70. The lowest BCUT2D eigenvalue weighted by Gasteiger charge is -2.27. The Hall–Kier alpha value is -1.65. The number of hydrogen-bond acceptors (Lipinski definition) is 4. The van der Waals surface area contributed by atoms with E-state index in [9.17, 15) is 10.1 Å². The highest BCUT2D eigenvalue weighted by Gasteiger charge is 2.19. The molecule has 19 heavy (non-hydrogen) atoms. The molecule has 0 aromatic carbocycles. The Morgan fingerprint density at radius 3 is 2.53 bits per heavy atom. The zero-order chi connectivity index (χ0) is 13.7. The second-order valence-corrected chi connectivity index (χ2v) is 5.34. The minimum atomic E-state index is -0.476. The van der Waals surface area contributed by atoms with Crippen molar-refractivity contribution in [2.45, 2.75) is 39.0 Å². The summed E-state index contributed by atoms with van der Waals surface area (Å²) in [6.45, 7) is 3.21.